The van der Waals surface area contributed by atoms with Crippen LogP contribution in [0.15, 0.2) is 0 Å². The van der Waals surface area contributed by atoms with E-state index in [0.29, 0.717) is 5.41 Å². The lowest BCUT2D eigenvalue weighted by Crippen LogP contribution is -2.44. The molecule has 2 rings (SSSR count). The van der Waals surface area contributed by atoms with Crippen LogP contribution in [0.4, 0.5) is 0 Å². The molecule has 0 N–H and O–H groups in total. The quantitative estimate of drug-likeness (QED) is 0.671. The normalized spacial score (nSPS) is 26.2. The van der Waals surface area contributed by atoms with Crippen LogP contribution in [-0.4, -0.2) is 24.0 Å². The summed E-state index contributed by atoms with van der Waals surface area (Å²) in [6.07, 6.45) is 10.4. The van der Waals surface area contributed by atoms with Gasteiger partial charge in [-0.1, -0.05) is 20.8 Å². The van der Waals surface area contributed by atoms with Gasteiger partial charge in [0.2, 0.25) is 0 Å². The van der Waals surface area contributed by atoms with E-state index in [0.717, 1.165) is 17.4 Å². The van der Waals surface area contributed by atoms with E-state index in [1.807, 2.05) is 0 Å². The van der Waals surface area contributed by atoms with Crippen LogP contribution in [0.1, 0.15) is 79.6 Å². The van der Waals surface area contributed by atoms with Crippen molar-refractivity contribution >= 4 is 0 Å². The molecule has 0 amide bonds. The molecule has 1 heteroatoms. The molecule has 0 aromatic carbocycles. The summed E-state index contributed by atoms with van der Waals surface area (Å²) in [6.45, 7) is 14.6. The zero-order chi connectivity index (χ0) is 14.1. The number of piperidine rings is 1. The average molecular weight is 265 g/mol. The summed E-state index contributed by atoms with van der Waals surface area (Å²) in [4.78, 5) is 2.67. The lowest BCUT2D eigenvalue weighted by atomic mass is 9.63. The first kappa shape index (κ1) is 15.4. The molecule has 0 atom stereocenters. The molecule has 0 radical (unpaired) electrons. The summed E-state index contributed by atoms with van der Waals surface area (Å²) in [5, 5.41) is 0. The van der Waals surface area contributed by atoms with Crippen LogP contribution in [0.5, 0.6) is 0 Å². The summed E-state index contributed by atoms with van der Waals surface area (Å²) in [5.74, 6) is 1.01. The van der Waals surface area contributed by atoms with Crippen molar-refractivity contribution in [3.63, 3.8) is 0 Å². The maximum absolute atomic E-state index is 2.67. The second-order valence-corrected chi connectivity index (χ2v) is 8.84. The van der Waals surface area contributed by atoms with Gasteiger partial charge in [0.1, 0.15) is 0 Å². The van der Waals surface area contributed by atoms with Gasteiger partial charge in [0.15, 0.2) is 0 Å². The molecule has 1 spiro atoms. The molecule has 0 aromatic rings. The molecule has 1 nitrogen and oxygen atoms in total. The van der Waals surface area contributed by atoms with Crippen molar-refractivity contribution in [1.29, 1.82) is 0 Å². The minimum absolute atomic E-state index is 0.524. The molecule has 2 aliphatic rings. The SMILES string of the molecule is CC(C)N1CCC2(CCC(CC(C)(C)C)CC2)CC1. The van der Waals surface area contributed by atoms with E-state index in [9.17, 15) is 0 Å². The van der Waals surface area contributed by atoms with Gasteiger partial charge in [-0.3, -0.25) is 0 Å². The Hall–Kier alpha value is -0.0400. The molecule has 1 saturated heterocycles. The molecule has 1 aliphatic carbocycles. The number of rotatable bonds is 2. The highest BCUT2D eigenvalue weighted by molar-refractivity contribution is 4.91. The van der Waals surface area contributed by atoms with Gasteiger partial charge < -0.3 is 4.90 Å². The van der Waals surface area contributed by atoms with E-state index in [4.69, 9.17) is 0 Å². The molecule has 1 saturated carbocycles. The van der Waals surface area contributed by atoms with Crippen LogP contribution >= 0.6 is 0 Å². The molecule has 1 heterocycles. The van der Waals surface area contributed by atoms with E-state index in [1.54, 1.807) is 0 Å². The largest absolute Gasteiger partial charge is 0.301 e. The minimum atomic E-state index is 0.524. The van der Waals surface area contributed by atoms with Gasteiger partial charge in [0.05, 0.1) is 0 Å². The van der Waals surface area contributed by atoms with Gasteiger partial charge >= 0.3 is 0 Å². The first-order chi connectivity index (χ1) is 8.80. The second-order valence-electron chi connectivity index (χ2n) is 8.84. The predicted molar refractivity (Wildman–Crippen MR) is 84.4 cm³/mol. The summed E-state index contributed by atoms with van der Waals surface area (Å²) in [7, 11) is 0. The Labute approximate surface area is 121 Å². The van der Waals surface area contributed by atoms with Crippen LogP contribution in [0.25, 0.3) is 0 Å². The summed E-state index contributed by atoms with van der Waals surface area (Å²) >= 11 is 0. The molecule has 0 aromatic heterocycles. The Morgan fingerprint density at radius 3 is 1.95 bits per heavy atom. The topological polar surface area (TPSA) is 3.24 Å². The van der Waals surface area contributed by atoms with Crippen LogP contribution in [0, 0.1) is 16.7 Å². The van der Waals surface area contributed by atoms with Gasteiger partial charge in [-0.25, -0.2) is 0 Å². The maximum Gasteiger partial charge on any atom is 0.00385 e. The Bertz CT molecular complexity index is 269. The van der Waals surface area contributed by atoms with E-state index in [1.165, 1.54) is 58.0 Å². The number of hydrogen-bond donors (Lipinski definition) is 0. The fraction of sp³-hybridized carbons (Fsp3) is 1.00. The van der Waals surface area contributed by atoms with Crippen molar-refractivity contribution in [2.75, 3.05) is 13.1 Å². The minimum Gasteiger partial charge on any atom is -0.301 e. The molecular formula is C18H35N. The summed E-state index contributed by atoms with van der Waals surface area (Å²) in [6, 6.07) is 0.745. The van der Waals surface area contributed by atoms with E-state index in [-0.39, 0.29) is 0 Å². The highest BCUT2D eigenvalue weighted by atomic mass is 15.2. The first-order valence-electron chi connectivity index (χ1n) is 8.54. The Balaban J connectivity index is 1.80. The third-order valence-corrected chi connectivity index (χ3v) is 5.66. The summed E-state index contributed by atoms with van der Waals surface area (Å²) in [5.41, 5.74) is 1.26. The maximum atomic E-state index is 2.67. The monoisotopic (exact) mass is 265 g/mol. The average Bonchev–Trinajstić information content (AvgIpc) is 2.31. The third kappa shape index (κ3) is 4.21. The molecule has 112 valence electrons. The lowest BCUT2D eigenvalue weighted by molar-refractivity contribution is 0.0335. The fourth-order valence-corrected chi connectivity index (χ4v) is 4.37. The smallest absolute Gasteiger partial charge is 0.00385 e. The number of hydrogen-bond acceptors (Lipinski definition) is 1. The highest BCUT2D eigenvalue weighted by Crippen LogP contribution is 2.48. The predicted octanol–water partition coefficient (Wildman–Crippen LogP) is 5.10. The van der Waals surface area contributed by atoms with Crippen LogP contribution in [-0.2, 0) is 0 Å². The van der Waals surface area contributed by atoms with Crippen molar-refractivity contribution in [2.24, 2.45) is 16.7 Å². The van der Waals surface area contributed by atoms with Crippen molar-refractivity contribution in [3.05, 3.63) is 0 Å². The first-order valence-corrected chi connectivity index (χ1v) is 8.54. The van der Waals surface area contributed by atoms with Crippen LogP contribution in [0.3, 0.4) is 0 Å². The molecule has 19 heavy (non-hydrogen) atoms. The number of nitrogens with zero attached hydrogens (tertiary/aromatic N) is 1. The van der Waals surface area contributed by atoms with Gasteiger partial charge in [0.25, 0.3) is 0 Å². The zero-order valence-corrected chi connectivity index (χ0v) is 14.0. The van der Waals surface area contributed by atoms with Gasteiger partial charge in [-0.05, 0) is 88.6 Å². The van der Waals surface area contributed by atoms with E-state index < -0.39 is 0 Å². The van der Waals surface area contributed by atoms with Crippen molar-refractivity contribution in [3.8, 4) is 0 Å². The number of likely N-dealkylation sites (tertiary alicyclic amines) is 1. The second kappa shape index (κ2) is 5.76. The fourth-order valence-electron chi connectivity index (χ4n) is 4.37. The molecule has 0 bridgehead atoms. The Kier molecular flexibility index (Phi) is 4.65. The highest BCUT2D eigenvalue weighted by Gasteiger charge is 2.38. The van der Waals surface area contributed by atoms with Gasteiger partial charge in [0, 0.05) is 6.04 Å². The van der Waals surface area contributed by atoms with E-state index >= 15 is 0 Å². The van der Waals surface area contributed by atoms with Crippen molar-refractivity contribution in [1.82, 2.24) is 4.90 Å². The van der Waals surface area contributed by atoms with Gasteiger partial charge in [-0.2, -0.15) is 0 Å². The molecular weight excluding hydrogens is 230 g/mol. The van der Waals surface area contributed by atoms with Crippen molar-refractivity contribution < 1.29 is 0 Å². The van der Waals surface area contributed by atoms with Gasteiger partial charge in [-0.15, -0.1) is 0 Å². The standard InChI is InChI=1S/C18H35N/c1-15(2)19-12-10-18(11-13-19)8-6-16(7-9-18)14-17(3,4)5/h15-16H,6-14H2,1-5H3. The third-order valence-electron chi connectivity index (χ3n) is 5.66. The molecule has 2 fully saturated rings. The summed E-state index contributed by atoms with van der Waals surface area (Å²) < 4.78 is 0. The Morgan fingerprint density at radius 1 is 1.00 bits per heavy atom. The van der Waals surface area contributed by atoms with Crippen molar-refractivity contribution in [2.45, 2.75) is 85.6 Å². The molecule has 0 unspecified atom stereocenters. The van der Waals surface area contributed by atoms with Crippen LogP contribution < -0.4 is 0 Å². The van der Waals surface area contributed by atoms with Crippen LogP contribution in [0.2, 0.25) is 0 Å². The van der Waals surface area contributed by atoms with E-state index in [2.05, 4.69) is 39.5 Å². The molecule has 1 aliphatic heterocycles. The zero-order valence-electron chi connectivity index (χ0n) is 14.0. The Morgan fingerprint density at radius 2 is 1.53 bits per heavy atom. The lowest BCUT2D eigenvalue weighted by Gasteiger charge is -2.47.